The Bertz CT molecular complexity index is 499. The first kappa shape index (κ1) is 22.9. The average Bonchev–Trinajstić information content (AvgIpc) is 2.53. The highest BCUT2D eigenvalue weighted by atomic mass is 32.2. The molecule has 1 saturated carbocycles. The van der Waals surface area contributed by atoms with Crippen LogP contribution < -0.4 is 4.72 Å². The highest BCUT2D eigenvalue weighted by molar-refractivity contribution is 7.88. The summed E-state index contributed by atoms with van der Waals surface area (Å²) in [4.78, 5) is 0. The van der Waals surface area contributed by atoms with Crippen LogP contribution in [-0.4, -0.2) is 33.9 Å². The largest absolute Gasteiger partial charge is 0.378 e. The standard InChI is InChI=1S/C20H41NO3S/c1-8-19(3,4)16-11-12-18(17(15-16)20(5,6)9-2)24-14-10-13-21-25(7,22)23/h16-18,21H,8-15H2,1-7H3. The summed E-state index contributed by atoms with van der Waals surface area (Å²) in [6, 6.07) is 0. The monoisotopic (exact) mass is 375 g/mol. The van der Waals surface area contributed by atoms with E-state index in [1.54, 1.807) is 0 Å². The normalized spacial score (nSPS) is 26.0. The number of nitrogens with one attached hydrogen (secondary N) is 1. The van der Waals surface area contributed by atoms with Gasteiger partial charge < -0.3 is 4.74 Å². The Kier molecular flexibility index (Phi) is 8.42. The van der Waals surface area contributed by atoms with Gasteiger partial charge in [-0.15, -0.1) is 0 Å². The molecule has 0 amide bonds. The van der Waals surface area contributed by atoms with Crippen LogP contribution in [0.15, 0.2) is 0 Å². The van der Waals surface area contributed by atoms with Crippen LogP contribution in [0.4, 0.5) is 0 Å². The number of ether oxygens (including phenoxy) is 1. The lowest BCUT2D eigenvalue weighted by molar-refractivity contribution is -0.0800. The number of sulfonamides is 1. The van der Waals surface area contributed by atoms with Crippen molar-refractivity contribution >= 4 is 10.0 Å². The third-order valence-electron chi connectivity index (χ3n) is 6.74. The van der Waals surface area contributed by atoms with Crippen molar-refractivity contribution in [3.05, 3.63) is 0 Å². The van der Waals surface area contributed by atoms with Gasteiger partial charge in [0.2, 0.25) is 10.0 Å². The smallest absolute Gasteiger partial charge is 0.208 e. The fourth-order valence-corrected chi connectivity index (χ4v) is 4.50. The second-order valence-corrected chi connectivity index (χ2v) is 11.1. The number of hydrogen-bond donors (Lipinski definition) is 1. The molecule has 5 heteroatoms. The third kappa shape index (κ3) is 7.18. The molecule has 0 aromatic rings. The van der Waals surface area contributed by atoms with Crippen molar-refractivity contribution in [2.45, 2.75) is 86.2 Å². The lowest BCUT2D eigenvalue weighted by Crippen LogP contribution is -2.43. The minimum atomic E-state index is -3.10. The Hall–Kier alpha value is -0.130. The summed E-state index contributed by atoms with van der Waals surface area (Å²) in [5.74, 6) is 1.34. The van der Waals surface area contributed by atoms with Crippen molar-refractivity contribution in [2.24, 2.45) is 22.7 Å². The van der Waals surface area contributed by atoms with Gasteiger partial charge in [0.05, 0.1) is 12.4 Å². The molecule has 0 spiro atoms. The quantitative estimate of drug-likeness (QED) is 0.568. The molecule has 3 atom stereocenters. The molecule has 0 saturated heterocycles. The van der Waals surface area contributed by atoms with Gasteiger partial charge >= 0.3 is 0 Å². The summed E-state index contributed by atoms with van der Waals surface area (Å²) in [6.45, 7) is 15.2. The van der Waals surface area contributed by atoms with Crippen LogP contribution in [-0.2, 0) is 14.8 Å². The first-order valence-electron chi connectivity index (χ1n) is 9.99. The van der Waals surface area contributed by atoms with Crippen LogP contribution >= 0.6 is 0 Å². The summed E-state index contributed by atoms with van der Waals surface area (Å²) in [5, 5.41) is 0. The zero-order valence-electron chi connectivity index (χ0n) is 17.5. The molecule has 1 rings (SSSR count). The molecule has 0 bridgehead atoms. The Morgan fingerprint density at radius 3 is 2.16 bits per heavy atom. The molecule has 25 heavy (non-hydrogen) atoms. The molecular formula is C20H41NO3S. The summed E-state index contributed by atoms with van der Waals surface area (Å²) in [6.07, 6.45) is 8.22. The molecule has 1 aliphatic carbocycles. The van der Waals surface area contributed by atoms with E-state index in [0.717, 1.165) is 25.2 Å². The van der Waals surface area contributed by atoms with Gasteiger partial charge in [-0.2, -0.15) is 0 Å². The Balaban J connectivity index is 2.65. The zero-order chi connectivity index (χ0) is 19.3. The SMILES string of the molecule is CCC(C)(C)C1CCC(OCCCNS(C)(=O)=O)C(C(C)(C)CC)C1. The summed E-state index contributed by atoms with van der Waals surface area (Å²) >= 11 is 0. The maximum absolute atomic E-state index is 11.1. The lowest BCUT2D eigenvalue weighted by Gasteiger charge is -2.48. The van der Waals surface area contributed by atoms with Crippen molar-refractivity contribution in [1.82, 2.24) is 4.72 Å². The maximum Gasteiger partial charge on any atom is 0.208 e. The summed E-state index contributed by atoms with van der Waals surface area (Å²) < 4.78 is 31.0. The second-order valence-electron chi connectivity index (χ2n) is 9.23. The van der Waals surface area contributed by atoms with Crippen LogP contribution in [0, 0.1) is 22.7 Å². The fraction of sp³-hybridized carbons (Fsp3) is 1.00. The van der Waals surface area contributed by atoms with Crippen molar-refractivity contribution in [3.8, 4) is 0 Å². The van der Waals surface area contributed by atoms with Gasteiger partial charge in [0.1, 0.15) is 0 Å². The molecule has 4 nitrogen and oxygen atoms in total. The van der Waals surface area contributed by atoms with E-state index in [0.29, 0.717) is 30.6 Å². The van der Waals surface area contributed by atoms with Gasteiger partial charge in [-0.25, -0.2) is 13.1 Å². The van der Waals surface area contributed by atoms with E-state index >= 15 is 0 Å². The van der Waals surface area contributed by atoms with Crippen LogP contribution in [0.2, 0.25) is 0 Å². The second kappa shape index (κ2) is 9.18. The maximum atomic E-state index is 11.1. The molecule has 3 unspecified atom stereocenters. The molecule has 0 heterocycles. The van der Waals surface area contributed by atoms with E-state index < -0.39 is 10.0 Å². The Labute approximate surface area is 156 Å². The molecule has 1 fully saturated rings. The van der Waals surface area contributed by atoms with E-state index in [9.17, 15) is 8.42 Å². The molecule has 150 valence electrons. The van der Waals surface area contributed by atoms with Gasteiger partial charge in [-0.1, -0.05) is 54.4 Å². The first-order chi connectivity index (χ1) is 11.4. The minimum absolute atomic E-state index is 0.276. The van der Waals surface area contributed by atoms with E-state index in [1.807, 2.05) is 0 Å². The summed E-state index contributed by atoms with van der Waals surface area (Å²) in [5.41, 5.74) is 0.671. The van der Waals surface area contributed by atoms with Gasteiger partial charge in [0.15, 0.2) is 0 Å². The van der Waals surface area contributed by atoms with Crippen molar-refractivity contribution < 1.29 is 13.2 Å². The molecule has 1 N–H and O–H groups in total. The summed E-state index contributed by atoms with van der Waals surface area (Å²) in [7, 11) is -3.10. The predicted molar refractivity (Wildman–Crippen MR) is 106 cm³/mol. The van der Waals surface area contributed by atoms with Gasteiger partial charge in [-0.3, -0.25) is 0 Å². The van der Waals surface area contributed by atoms with E-state index in [2.05, 4.69) is 46.3 Å². The van der Waals surface area contributed by atoms with E-state index in [4.69, 9.17) is 4.74 Å². The third-order valence-corrected chi connectivity index (χ3v) is 7.46. The van der Waals surface area contributed by atoms with Crippen LogP contribution in [0.3, 0.4) is 0 Å². The topological polar surface area (TPSA) is 55.4 Å². The lowest BCUT2D eigenvalue weighted by atomic mass is 9.60. The molecule has 0 aromatic carbocycles. The van der Waals surface area contributed by atoms with E-state index in [1.165, 1.54) is 25.5 Å². The number of hydrogen-bond acceptors (Lipinski definition) is 3. The zero-order valence-corrected chi connectivity index (χ0v) is 18.3. The van der Waals surface area contributed by atoms with Crippen molar-refractivity contribution in [1.29, 1.82) is 0 Å². The van der Waals surface area contributed by atoms with Crippen molar-refractivity contribution in [3.63, 3.8) is 0 Å². The van der Waals surface area contributed by atoms with Crippen LogP contribution in [0.5, 0.6) is 0 Å². The van der Waals surface area contributed by atoms with Crippen LogP contribution in [0.1, 0.15) is 80.1 Å². The first-order valence-corrected chi connectivity index (χ1v) is 11.9. The Morgan fingerprint density at radius 1 is 1.04 bits per heavy atom. The fourth-order valence-electron chi connectivity index (χ4n) is 3.99. The Morgan fingerprint density at radius 2 is 1.64 bits per heavy atom. The molecular weight excluding hydrogens is 334 g/mol. The molecule has 0 radical (unpaired) electrons. The van der Waals surface area contributed by atoms with E-state index in [-0.39, 0.29) is 5.41 Å². The van der Waals surface area contributed by atoms with Gasteiger partial charge in [0.25, 0.3) is 0 Å². The number of rotatable bonds is 10. The molecule has 1 aliphatic rings. The average molecular weight is 376 g/mol. The highest BCUT2D eigenvalue weighted by Gasteiger charge is 2.43. The molecule has 0 aliphatic heterocycles. The minimum Gasteiger partial charge on any atom is -0.378 e. The predicted octanol–water partition coefficient (Wildman–Crippen LogP) is 4.60. The van der Waals surface area contributed by atoms with Gasteiger partial charge in [-0.05, 0) is 48.3 Å². The van der Waals surface area contributed by atoms with Crippen LogP contribution in [0.25, 0.3) is 0 Å². The highest BCUT2D eigenvalue weighted by Crippen LogP contribution is 2.49. The van der Waals surface area contributed by atoms with Crippen molar-refractivity contribution in [2.75, 3.05) is 19.4 Å². The van der Waals surface area contributed by atoms with Gasteiger partial charge in [0, 0.05) is 13.2 Å². The molecule has 0 aromatic heterocycles.